The van der Waals surface area contributed by atoms with Crippen LogP contribution in [0.25, 0.3) is 16.7 Å². The Morgan fingerprint density at radius 2 is 1.92 bits per heavy atom. The predicted octanol–water partition coefficient (Wildman–Crippen LogP) is 2.34. The van der Waals surface area contributed by atoms with E-state index in [9.17, 15) is 21.6 Å². The van der Waals surface area contributed by atoms with Gasteiger partial charge in [0, 0.05) is 32.2 Å². The number of ether oxygens (including phenoxy) is 1. The number of nitrogens with one attached hydrogen (secondary N) is 1. The number of alkyl halides is 3. The van der Waals surface area contributed by atoms with Crippen LogP contribution in [0.15, 0.2) is 30.5 Å². The molecule has 3 fully saturated rings. The van der Waals surface area contributed by atoms with E-state index in [0.29, 0.717) is 42.5 Å². The molecule has 2 aromatic heterocycles. The highest BCUT2D eigenvalue weighted by molar-refractivity contribution is 7.91. The van der Waals surface area contributed by atoms with Gasteiger partial charge in [0.2, 0.25) is 5.95 Å². The Morgan fingerprint density at radius 1 is 1.16 bits per heavy atom. The standard InChI is InChI=1S/C24H28F3N7O3S/c1-23(5-10-38(35,36)15-23)31-22-29-20(33-13-18(14-33)32-6-8-37-9-7-32)19-12-28-34(21(19)30-22)17-4-2-3-16(11-17)24(25,26)27/h2-4,11-12,18H,5-10,13-15H2,1H3,(H,29,30,31). The summed E-state index contributed by atoms with van der Waals surface area (Å²) in [5.74, 6) is 0.855. The van der Waals surface area contributed by atoms with Crippen molar-refractivity contribution in [3.63, 3.8) is 0 Å². The van der Waals surface area contributed by atoms with Gasteiger partial charge in [-0.2, -0.15) is 28.2 Å². The lowest BCUT2D eigenvalue weighted by molar-refractivity contribution is -0.137. The van der Waals surface area contributed by atoms with Gasteiger partial charge in [0.05, 0.1) is 53.1 Å². The van der Waals surface area contributed by atoms with Crippen LogP contribution in [-0.2, 0) is 20.8 Å². The fourth-order valence-corrected chi connectivity index (χ4v) is 7.47. The smallest absolute Gasteiger partial charge is 0.379 e. The molecule has 38 heavy (non-hydrogen) atoms. The molecule has 1 aromatic carbocycles. The van der Waals surface area contributed by atoms with E-state index in [-0.39, 0.29) is 23.1 Å². The number of sulfone groups is 1. The SMILES string of the molecule is CC1(Nc2nc(N3CC(N4CCOCC4)C3)c3cnn(-c4cccc(C(F)(F)F)c4)c3n2)CCS(=O)(=O)C1. The van der Waals surface area contributed by atoms with Crippen LogP contribution in [0.2, 0.25) is 0 Å². The number of aromatic nitrogens is 4. The molecular weight excluding hydrogens is 523 g/mol. The van der Waals surface area contributed by atoms with Gasteiger partial charge < -0.3 is 15.0 Å². The van der Waals surface area contributed by atoms with Crippen molar-refractivity contribution < 1.29 is 26.3 Å². The third-order valence-electron chi connectivity index (χ3n) is 7.47. The van der Waals surface area contributed by atoms with E-state index >= 15 is 0 Å². The number of morpholine rings is 1. The summed E-state index contributed by atoms with van der Waals surface area (Å²) in [6.45, 7) is 6.40. The van der Waals surface area contributed by atoms with Crippen molar-refractivity contribution in [3.8, 4) is 5.69 Å². The average Bonchev–Trinajstić information content (AvgIpc) is 3.38. The molecule has 3 aliphatic rings. The number of fused-ring (bicyclic) bond motifs is 1. The summed E-state index contributed by atoms with van der Waals surface area (Å²) >= 11 is 0. The molecule has 204 valence electrons. The Hall–Kier alpha value is -2.97. The van der Waals surface area contributed by atoms with Crippen molar-refractivity contribution in [1.82, 2.24) is 24.6 Å². The molecule has 0 saturated carbocycles. The number of nitrogens with zero attached hydrogens (tertiary/aromatic N) is 6. The minimum absolute atomic E-state index is 0.0492. The zero-order valence-corrected chi connectivity index (χ0v) is 21.6. The minimum atomic E-state index is -4.50. The van der Waals surface area contributed by atoms with Crippen LogP contribution in [-0.4, -0.2) is 95.5 Å². The largest absolute Gasteiger partial charge is 0.416 e. The summed E-state index contributed by atoms with van der Waals surface area (Å²) in [7, 11) is -3.18. The van der Waals surface area contributed by atoms with E-state index in [1.54, 1.807) is 12.3 Å². The van der Waals surface area contributed by atoms with Gasteiger partial charge in [-0.25, -0.2) is 13.1 Å². The quantitative estimate of drug-likeness (QED) is 0.512. The first kappa shape index (κ1) is 25.3. The van der Waals surface area contributed by atoms with Crippen LogP contribution in [0.1, 0.15) is 18.9 Å². The monoisotopic (exact) mass is 551 g/mol. The van der Waals surface area contributed by atoms with Gasteiger partial charge in [0.15, 0.2) is 15.5 Å². The van der Waals surface area contributed by atoms with Crippen molar-refractivity contribution in [1.29, 1.82) is 0 Å². The lowest BCUT2D eigenvalue weighted by atomic mass is 10.0. The van der Waals surface area contributed by atoms with E-state index in [0.717, 1.165) is 38.3 Å². The van der Waals surface area contributed by atoms with Gasteiger partial charge in [-0.05, 0) is 31.5 Å². The molecule has 0 bridgehead atoms. The third kappa shape index (κ3) is 4.80. The van der Waals surface area contributed by atoms with E-state index in [1.165, 1.54) is 10.7 Å². The fraction of sp³-hybridized carbons (Fsp3) is 0.542. The molecule has 10 nitrogen and oxygen atoms in total. The van der Waals surface area contributed by atoms with E-state index in [4.69, 9.17) is 9.72 Å². The third-order valence-corrected chi connectivity index (χ3v) is 9.37. The number of hydrogen-bond acceptors (Lipinski definition) is 9. The van der Waals surface area contributed by atoms with Gasteiger partial charge in [0.25, 0.3) is 0 Å². The van der Waals surface area contributed by atoms with Crippen molar-refractivity contribution >= 4 is 32.6 Å². The molecule has 5 heterocycles. The Balaban J connectivity index is 1.38. The van der Waals surface area contributed by atoms with Gasteiger partial charge in [-0.3, -0.25) is 4.90 Å². The normalized spacial score (nSPS) is 24.6. The molecule has 3 saturated heterocycles. The number of benzene rings is 1. The maximum atomic E-state index is 13.4. The average molecular weight is 552 g/mol. The van der Waals surface area contributed by atoms with Crippen LogP contribution in [0, 0.1) is 0 Å². The maximum Gasteiger partial charge on any atom is 0.416 e. The summed E-state index contributed by atoms with van der Waals surface area (Å²) in [5.41, 5.74) is -0.979. The highest BCUT2D eigenvalue weighted by Gasteiger charge is 2.40. The molecule has 14 heteroatoms. The molecule has 1 unspecified atom stereocenters. The number of halogens is 3. The zero-order valence-electron chi connectivity index (χ0n) is 20.8. The lowest BCUT2D eigenvalue weighted by Crippen LogP contribution is -2.61. The minimum Gasteiger partial charge on any atom is -0.379 e. The zero-order chi connectivity index (χ0) is 26.7. The lowest BCUT2D eigenvalue weighted by Gasteiger charge is -2.47. The highest BCUT2D eigenvalue weighted by atomic mass is 32.2. The number of hydrogen-bond donors (Lipinski definition) is 1. The highest BCUT2D eigenvalue weighted by Crippen LogP contribution is 2.35. The topological polar surface area (TPSA) is 105 Å². The van der Waals surface area contributed by atoms with Gasteiger partial charge in [-0.1, -0.05) is 6.07 Å². The molecule has 3 aliphatic heterocycles. The Kier molecular flexibility index (Phi) is 6.03. The van der Waals surface area contributed by atoms with Crippen molar-refractivity contribution in [3.05, 3.63) is 36.0 Å². The van der Waals surface area contributed by atoms with Crippen LogP contribution in [0.5, 0.6) is 0 Å². The van der Waals surface area contributed by atoms with Crippen molar-refractivity contribution in [2.24, 2.45) is 0 Å². The van der Waals surface area contributed by atoms with E-state index < -0.39 is 27.1 Å². The van der Waals surface area contributed by atoms with Crippen LogP contribution in [0.4, 0.5) is 24.9 Å². The van der Waals surface area contributed by atoms with Gasteiger partial charge in [-0.15, -0.1) is 0 Å². The van der Waals surface area contributed by atoms with Gasteiger partial charge in [0.1, 0.15) is 5.82 Å². The molecule has 0 spiro atoms. The first-order chi connectivity index (χ1) is 18.0. The van der Waals surface area contributed by atoms with Crippen LogP contribution >= 0.6 is 0 Å². The van der Waals surface area contributed by atoms with Gasteiger partial charge >= 0.3 is 6.18 Å². The molecule has 0 amide bonds. The Labute approximate surface area is 217 Å². The second-order valence-corrected chi connectivity index (χ2v) is 12.6. The predicted molar refractivity (Wildman–Crippen MR) is 135 cm³/mol. The molecule has 1 N–H and O–H groups in total. The Bertz CT molecular complexity index is 1470. The molecule has 6 rings (SSSR count). The van der Waals surface area contributed by atoms with E-state index in [2.05, 4.69) is 25.2 Å². The number of anilines is 2. The summed E-state index contributed by atoms with van der Waals surface area (Å²) in [6.07, 6.45) is -2.53. The van der Waals surface area contributed by atoms with Crippen LogP contribution < -0.4 is 10.2 Å². The molecule has 3 aromatic rings. The first-order valence-electron chi connectivity index (χ1n) is 12.5. The first-order valence-corrected chi connectivity index (χ1v) is 14.3. The molecule has 0 aliphatic carbocycles. The summed E-state index contributed by atoms with van der Waals surface area (Å²) in [6, 6.07) is 5.26. The maximum absolute atomic E-state index is 13.4. The van der Waals surface area contributed by atoms with E-state index in [1.807, 2.05) is 6.92 Å². The summed E-state index contributed by atoms with van der Waals surface area (Å²) in [4.78, 5) is 13.9. The number of rotatable bonds is 5. The molecule has 1 atom stereocenters. The Morgan fingerprint density at radius 3 is 2.61 bits per heavy atom. The summed E-state index contributed by atoms with van der Waals surface area (Å²) in [5, 5.41) is 8.20. The molecular formula is C24H28F3N7O3S. The summed E-state index contributed by atoms with van der Waals surface area (Å²) < 4.78 is 71.4. The fourth-order valence-electron chi connectivity index (χ4n) is 5.37. The second kappa shape index (κ2) is 9.06. The second-order valence-electron chi connectivity index (χ2n) is 10.4. The van der Waals surface area contributed by atoms with Crippen molar-refractivity contribution in [2.45, 2.75) is 31.1 Å². The molecule has 0 radical (unpaired) electrons. The van der Waals surface area contributed by atoms with Crippen LogP contribution in [0.3, 0.4) is 0 Å². The van der Waals surface area contributed by atoms with Crippen molar-refractivity contribution in [2.75, 3.05) is 61.1 Å².